The Bertz CT molecular complexity index is 639. The molecule has 1 unspecified atom stereocenters. The number of nitrogens with zero attached hydrogens (tertiary/aromatic N) is 1. The van der Waals surface area contributed by atoms with Gasteiger partial charge in [-0.05, 0) is 63.1 Å². The molecule has 0 aliphatic carbocycles. The maximum atomic E-state index is 12.6. The Labute approximate surface area is 154 Å². The molecule has 5 nitrogen and oxygen atoms in total. The third kappa shape index (κ3) is 4.91. The molecule has 0 N–H and O–H groups in total. The van der Waals surface area contributed by atoms with Crippen LogP contribution in [0.15, 0.2) is 23.1 Å². The van der Waals surface area contributed by atoms with E-state index in [1.54, 1.807) is 18.7 Å². The number of esters is 1. The Balaban J connectivity index is 2.36. The number of carbonyl (C=O) groups excluding carboxylic acids is 2. The van der Waals surface area contributed by atoms with Crippen molar-refractivity contribution in [2.24, 2.45) is 0 Å². The van der Waals surface area contributed by atoms with E-state index in [9.17, 15) is 9.59 Å². The lowest BCUT2D eigenvalue weighted by Crippen LogP contribution is -2.46. The van der Waals surface area contributed by atoms with Gasteiger partial charge in [0.2, 0.25) is 0 Å². The van der Waals surface area contributed by atoms with Gasteiger partial charge in [-0.3, -0.25) is 4.90 Å². The van der Waals surface area contributed by atoms with Crippen LogP contribution >= 0.6 is 11.8 Å². The zero-order valence-electron chi connectivity index (χ0n) is 15.6. The predicted molar refractivity (Wildman–Crippen MR) is 98.9 cm³/mol. The number of amides is 1. The fourth-order valence-corrected chi connectivity index (χ4v) is 3.58. The van der Waals surface area contributed by atoms with Crippen LogP contribution in [-0.4, -0.2) is 41.5 Å². The number of hydrogen-bond donors (Lipinski definition) is 0. The Kier molecular flexibility index (Phi) is 6.38. The van der Waals surface area contributed by atoms with Crippen molar-refractivity contribution >= 4 is 23.8 Å². The monoisotopic (exact) mass is 365 g/mol. The predicted octanol–water partition coefficient (Wildman–Crippen LogP) is 4.20. The second-order valence-corrected chi connectivity index (χ2v) is 8.21. The molecule has 0 bridgehead atoms. The summed E-state index contributed by atoms with van der Waals surface area (Å²) in [6.45, 7) is 10.0. The first-order valence-corrected chi connectivity index (χ1v) is 9.67. The average molecular weight is 365 g/mol. The Morgan fingerprint density at radius 2 is 2.00 bits per heavy atom. The number of benzene rings is 1. The molecule has 6 heteroatoms. The van der Waals surface area contributed by atoms with Crippen LogP contribution in [-0.2, 0) is 20.7 Å². The number of carbonyl (C=O) groups is 2. The summed E-state index contributed by atoms with van der Waals surface area (Å²) < 4.78 is 10.7. The van der Waals surface area contributed by atoms with Gasteiger partial charge in [-0.25, -0.2) is 9.59 Å². The molecule has 2 rings (SSSR count). The van der Waals surface area contributed by atoms with Crippen LogP contribution < -0.4 is 0 Å². The van der Waals surface area contributed by atoms with Gasteiger partial charge in [0.1, 0.15) is 5.60 Å². The van der Waals surface area contributed by atoms with Crippen molar-refractivity contribution in [2.45, 2.75) is 57.6 Å². The van der Waals surface area contributed by atoms with Crippen molar-refractivity contribution in [1.82, 2.24) is 4.90 Å². The molecule has 1 aliphatic rings. The first kappa shape index (κ1) is 19.6. The van der Waals surface area contributed by atoms with Crippen LogP contribution in [0.25, 0.3) is 0 Å². The van der Waals surface area contributed by atoms with Gasteiger partial charge in [0.15, 0.2) is 6.04 Å². The summed E-state index contributed by atoms with van der Waals surface area (Å²) in [6.07, 6.45) is 0.214. The number of rotatable bonds is 4. The van der Waals surface area contributed by atoms with Crippen molar-refractivity contribution in [2.75, 3.05) is 18.9 Å². The number of hydrogen-bond acceptors (Lipinski definition) is 5. The zero-order valence-corrected chi connectivity index (χ0v) is 16.4. The van der Waals surface area contributed by atoms with Crippen LogP contribution in [0.4, 0.5) is 4.79 Å². The quantitative estimate of drug-likeness (QED) is 0.591. The van der Waals surface area contributed by atoms with Gasteiger partial charge in [0, 0.05) is 11.4 Å². The molecule has 1 aromatic carbocycles. The molecule has 0 aromatic heterocycles. The van der Waals surface area contributed by atoms with Crippen LogP contribution in [0.3, 0.4) is 0 Å². The number of thioether (sulfide) groups is 1. The highest BCUT2D eigenvalue weighted by molar-refractivity contribution is 7.99. The van der Waals surface area contributed by atoms with Gasteiger partial charge in [-0.2, -0.15) is 0 Å². The van der Waals surface area contributed by atoms with Gasteiger partial charge in [-0.1, -0.05) is 13.0 Å². The summed E-state index contributed by atoms with van der Waals surface area (Å²) in [5.74, 6) is 0.578. The topological polar surface area (TPSA) is 55.8 Å². The molecule has 1 aromatic rings. The van der Waals surface area contributed by atoms with Crippen molar-refractivity contribution in [1.29, 1.82) is 0 Å². The average Bonchev–Trinajstić information content (AvgIpc) is 2.52. The largest absolute Gasteiger partial charge is 0.464 e. The van der Waals surface area contributed by atoms with E-state index in [1.165, 1.54) is 9.80 Å². The van der Waals surface area contributed by atoms with Crippen molar-refractivity contribution in [3.8, 4) is 0 Å². The zero-order chi connectivity index (χ0) is 18.6. The highest BCUT2D eigenvalue weighted by atomic mass is 32.2. The fraction of sp³-hybridized carbons (Fsp3) is 0.579. The van der Waals surface area contributed by atoms with Crippen LogP contribution in [0, 0.1) is 0 Å². The van der Waals surface area contributed by atoms with Gasteiger partial charge < -0.3 is 9.47 Å². The van der Waals surface area contributed by atoms with E-state index in [4.69, 9.17) is 9.47 Å². The molecule has 1 amide bonds. The summed E-state index contributed by atoms with van der Waals surface area (Å²) in [7, 11) is 0. The van der Waals surface area contributed by atoms with E-state index < -0.39 is 23.7 Å². The fourth-order valence-electron chi connectivity index (χ4n) is 2.85. The van der Waals surface area contributed by atoms with Gasteiger partial charge >= 0.3 is 12.1 Å². The third-order valence-electron chi connectivity index (χ3n) is 3.79. The van der Waals surface area contributed by atoms with E-state index >= 15 is 0 Å². The second-order valence-electron chi connectivity index (χ2n) is 6.87. The van der Waals surface area contributed by atoms with E-state index in [0.717, 1.165) is 16.9 Å². The molecule has 25 heavy (non-hydrogen) atoms. The SMILES string of the molecule is CCOC(=O)C1c2ccc(SCC)cc2CCN1C(=O)OC(C)(C)C. The van der Waals surface area contributed by atoms with Gasteiger partial charge in [-0.15, -0.1) is 11.8 Å². The van der Waals surface area contributed by atoms with Crippen LogP contribution in [0.5, 0.6) is 0 Å². The molecular formula is C19H27NO4S. The Hall–Kier alpha value is -1.69. The van der Waals surface area contributed by atoms with Crippen molar-refractivity contribution in [3.05, 3.63) is 29.3 Å². The molecule has 1 heterocycles. The number of ether oxygens (including phenoxy) is 2. The highest BCUT2D eigenvalue weighted by Gasteiger charge is 2.39. The standard InChI is InChI=1S/C19H27NO4S/c1-6-23-17(21)16-15-9-8-14(25-7-2)12-13(15)10-11-20(16)18(22)24-19(3,4)5/h8-9,12,16H,6-7,10-11H2,1-5H3. The maximum Gasteiger partial charge on any atom is 0.411 e. The summed E-state index contributed by atoms with van der Waals surface area (Å²) in [4.78, 5) is 27.8. The smallest absolute Gasteiger partial charge is 0.411 e. The molecule has 0 spiro atoms. The molecule has 0 saturated heterocycles. The maximum absolute atomic E-state index is 12.6. The van der Waals surface area contributed by atoms with Gasteiger partial charge in [0.25, 0.3) is 0 Å². The first-order chi connectivity index (χ1) is 11.8. The lowest BCUT2D eigenvalue weighted by atomic mass is 9.93. The Morgan fingerprint density at radius 3 is 2.60 bits per heavy atom. The lowest BCUT2D eigenvalue weighted by Gasteiger charge is -2.36. The Morgan fingerprint density at radius 1 is 1.28 bits per heavy atom. The molecule has 1 aliphatic heterocycles. The van der Waals surface area contributed by atoms with E-state index in [1.807, 2.05) is 32.9 Å². The van der Waals surface area contributed by atoms with E-state index in [0.29, 0.717) is 13.0 Å². The molecule has 138 valence electrons. The number of fused-ring (bicyclic) bond motifs is 1. The minimum absolute atomic E-state index is 0.274. The van der Waals surface area contributed by atoms with Crippen LogP contribution in [0.1, 0.15) is 51.8 Å². The van der Waals surface area contributed by atoms with E-state index in [2.05, 4.69) is 13.0 Å². The van der Waals surface area contributed by atoms with Crippen molar-refractivity contribution < 1.29 is 19.1 Å². The van der Waals surface area contributed by atoms with Crippen molar-refractivity contribution in [3.63, 3.8) is 0 Å². The van der Waals surface area contributed by atoms with Gasteiger partial charge in [0.05, 0.1) is 6.61 Å². The minimum atomic E-state index is -0.751. The normalized spacial score (nSPS) is 17.0. The molecule has 1 atom stereocenters. The second kappa shape index (κ2) is 8.13. The summed E-state index contributed by atoms with van der Waals surface area (Å²) >= 11 is 1.76. The summed E-state index contributed by atoms with van der Waals surface area (Å²) in [5.41, 5.74) is 1.31. The highest BCUT2D eigenvalue weighted by Crippen LogP contribution is 2.34. The molecular weight excluding hydrogens is 338 g/mol. The first-order valence-electron chi connectivity index (χ1n) is 8.68. The molecule has 0 saturated carbocycles. The summed E-state index contributed by atoms with van der Waals surface area (Å²) in [6, 6.07) is 5.30. The van der Waals surface area contributed by atoms with E-state index in [-0.39, 0.29) is 6.61 Å². The summed E-state index contributed by atoms with van der Waals surface area (Å²) in [5, 5.41) is 0. The lowest BCUT2D eigenvalue weighted by molar-refractivity contribution is -0.150. The minimum Gasteiger partial charge on any atom is -0.464 e. The molecule has 0 radical (unpaired) electrons. The molecule has 0 fully saturated rings. The third-order valence-corrected chi connectivity index (χ3v) is 4.67. The van der Waals surface area contributed by atoms with Crippen LogP contribution in [0.2, 0.25) is 0 Å².